The van der Waals surface area contributed by atoms with Crippen molar-refractivity contribution in [2.75, 3.05) is 51.6 Å². The first kappa shape index (κ1) is 22.0. The number of nitrogens with one attached hydrogen (secondary N) is 1. The van der Waals surface area contributed by atoms with Crippen LogP contribution in [-0.2, 0) is 22.6 Å². The lowest BCUT2D eigenvalue weighted by atomic mass is 9.95. The molecule has 8 nitrogen and oxygen atoms in total. The lowest BCUT2D eigenvalue weighted by molar-refractivity contribution is -0.134. The number of hydrogen-bond donors (Lipinski definition) is 1. The minimum atomic E-state index is 0.0846. The van der Waals surface area contributed by atoms with Crippen molar-refractivity contribution in [1.82, 2.24) is 24.7 Å². The molecular weight excluding hydrogens is 392 g/mol. The van der Waals surface area contributed by atoms with Gasteiger partial charge >= 0.3 is 0 Å². The molecule has 1 aromatic heterocycles. The fraction of sp³-hybridized carbons (Fsp3) is 0.739. The third kappa shape index (κ3) is 5.00. The second-order valence-corrected chi connectivity index (χ2v) is 9.43. The van der Waals surface area contributed by atoms with E-state index in [0.717, 1.165) is 67.7 Å². The molecule has 31 heavy (non-hydrogen) atoms. The van der Waals surface area contributed by atoms with Gasteiger partial charge in [0.1, 0.15) is 11.6 Å². The molecule has 0 aliphatic carbocycles. The number of likely N-dealkylation sites (tertiary alicyclic amines) is 2. The second-order valence-electron chi connectivity index (χ2n) is 9.43. The molecule has 3 aliphatic rings. The second kappa shape index (κ2) is 9.51. The van der Waals surface area contributed by atoms with E-state index in [1.165, 1.54) is 12.8 Å². The molecule has 0 aromatic carbocycles. The Morgan fingerprint density at radius 3 is 2.55 bits per heavy atom. The van der Waals surface area contributed by atoms with Crippen molar-refractivity contribution in [1.29, 1.82) is 0 Å². The van der Waals surface area contributed by atoms with Gasteiger partial charge in [0, 0.05) is 51.5 Å². The van der Waals surface area contributed by atoms with Gasteiger partial charge in [-0.3, -0.25) is 14.5 Å². The Labute approximate surface area is 185 Å². The maximum absolute atomic E-state index is 13.0. The van der Waals surface area contributed by atoms with Crippen LogP contribution < -0.4 is 5.32 Å². The molecule has 1 unspecified atom stereocenters. The van der Waals surface area contributed by atoms with Gasteiger partial charge in [-0.25, -0.2) is 9.97 Å². The Bertz CT molecular complexity index is 803. The van der Waals surface area contributed by atoms with E-state index in [1.807, 2.05) is 16.8 Å². The van der Waals surface area contributed by atoms with Crippen LogP contribution in [0.25, 0.3) is 0 Å². The molecule has 4 heterocycles. The maximum Gasteiger partial charge on any atom is 0.236 e. The number of carbonyl (C=O) groups is 2. The van der Waals surface area contributed by atoms with Gasteiger partial charge < -0.3 is 15.1 Å². The molecule has 2 fully saturated rings. The monoisotopic (exact) mass is 428 g/mol. The Balaban J connectivity index is 1.44. The molecular formula is C23H36N6O2. The van der Waals surface area contributed by atoms with Crippen molar-refractivity contribution < 1.29 is 9.59 Å². The molecule has 0 saturated carbocycles. The SMILES string of the molecule is CNc1nc(C2CCCN(C(=O)CN3CCC(C)CC3)C2)nc2c1CN(C(C)=O)CC2. The van der Waals surface area contributed by atoms with Gasteiger partial charge in [0.05, 0.1) is 18.8 Å². The highest BCUT2D eigenvalue weighted by atomic mass is 16.2. The summed E-state index contributed by atoms with van der Waals surface area (Å²) in [5.41, 5.74) is 2.06. The summed E-state index contributed by atoms with van der Waals surface area (Å²) in [6.07, 6.45) is 5.12. The Morgan fingerprint density at radius 1 is 1.06 bits per heavy atom. The minimum absolute atomic E-state index is 0.0846. The van der Waals surface area contributed by atoms with Crippen molar-refractivity contribution in [2.24, 2.45) is 5.92 Å². The molecule has 1 atom stereocenters. The summed E-state index contributed by atoms with van der Waals surface area (Å²) in [6, 6.07) is 0. The number of piperidine rings is 2. The molecule has 1 N–H and O–H groups in total. The first-order chi connectivity index (χ1) is 14.9. The molecule has 170 valence electrons. The minimum Gasteiger partial charge on any atom is -0.373 e. The van der Waals surface area contributed by atoms with E-state index in [2.05, 4.69) is 17.1 Å². The van der Waals surface area contributed by atoms with E-state index in [0.29, 0.717) is 26.2 Å². The van der Waals surface area contributed by atoms with Crippen LogP contribution >= 0.6 is 0 Å². The summed E-state index contributed by atoms with van der Waals surface area (Å²) in [4.78, 5) is 40.7. The first-order valence-electron chi connectivity index (χ1n) is 11.8. The Hall–Kier alpha value is -2.22. The Morgan fingerprint density at radius 2 is 1.84 bits per heavy atom. The van der Waals surface area contributed by atoms with E-state index in [-0.39, 0.29) is 17.7 Å². The van der Waals surface area contributed by atoms with E-state index in [1.54, 1.807) is 6.92 Å². The van der Waals surface area contributed by atoms with Gasteiger partial charge in [0.15, 0.2) is 0 Å². The van der Waals surface area contributed by atoms with Crippen LogP contribution in [0.3, 0.4) is 0 Å². The van der Waals surface area contributed by atoms with Crippen LogP contribution in [-0.4, -0.2) is 82.8 Å². The van der Waals surface area contributed by atoms with Crippen molar-refractivity contribution in [3.8, 4) is 0 Å². The van der Waals surface area contributed by atoms with Crippen LogP contribution in [0.4, 0.5) is 5.82 Å². The molecule has 8 heteroatoms. The highest BCUT2D eigenvalue weighted by molar-refractivity contribution is 5.78. The average Bonchev–Trinajstić information content (AvgIpc) is 2.79. The smallest absolute Gasteiger partial charge is 0.236 e. The summed E-state index contributed by atoms with van der Waals surface area (Å²) in [7, 11) is 1.87. The zero-order valence-electron chi connectivity index (χ0n) is 19.2. The highest BCUT2D eigenvalue weighted by Crippen LogP contribution is 2.30. The molecule has 0 radical (unpaired) electrons. The van der Waals surface area contributed by atoms with Crippen LogP contribution in [0.2, 0.25) is 0 Å². The molecule has 2 saturated heterocycles. The number of carbonyl (C=O) groups excluding carboxylic acids is 2. The van der Waals surface area contributed by atoms with Gasteiger partial charge in [-0.1, -0.05) is 6.92 Å². The van der Waals surface area contributed by atoms with E-state index < -0.39 is 0 Å². The number of amides is 2. The number of anilines is 1. The average molecular weight is 429 g/mol. The fourth-order valence-electron chi connectivity index (χ4n) is 5.02. The van der Waals surface area contributed by atoms with Crippen LogP contribution in [0.1, 0.15) is 62.5 Å². The molecule has 4 rings (SSSR count). The number of hydrogen-bond acceptors (Lipinski definition) is 6. The summed E-state index contributed by atoms with van der Waals surface area (Å²) in [6.45, 7) is 9.29. The predicted molar refractivity (Wildman–Crippen MR) is 120 cm³/mol. The number of nitrogens with zero attached hydrogens (tertiary/aromatic N) is 5. The van der Waals surface area contributed by atoms with Crippen molar-refractivity contribution in [3.63, 3.8) is 0 Å². The largest absolute Gasteiger partial charge is 0.373 e. The quantitative estimate of drug-likeness (QED) is 0.788. The zero-order chi connectivity index (χ0) is 22.0. The molecule has 1 aromatic rings. The Kier molecular flexibility index (Phi) is 6.74. The molecule has 0 spiro atoms. The normalized spacial score (nSPS) is 22.9. The number of fused-ring (bicyclic) bond motifs is 1. The van der Waals surface area contributed by atoms with Gasteiger partial charge in [0.2, 0.25) is 11.8 Å². The van der Waals surface area contributed by atoms with Gasteiger partial charge in [-0.15, -0.1) is 0 Å². The maximum atomic E-state index is 13.0. The van der Waals surface area contributed by atoms with E-state index in [9.17, 15) is 9.59 Å². The van der Waals surface area contributed by atoms with Crippen molar-refractivity contribution in [3.05, 3.63) is 17.1 Å². The first-order valence-corrected chi connectivity index (χ1v) is 11.8. The van der Waals surface area contributed by atoms with Gasteiger partial charge in [-0.05, 0) is 44.7 Å². The standard InChI is InChI=1S/C23H36N6O2/c1-16-6-10-27(11-7-16)15-21(31)29-9-4-5-18(13-29)22-25-20-8-12-28(17(2)30)14-19(20)23(24-3)26-22/h16,18H,4-15H2,1-3H3,(H,24,25,26). The lowest BCUT2D eigenvalue weighted by Gasteiger charge is -2.36. The summed E-state index contributed by atoms with van der Waals surface area (Å²) >= 11 is 0. The third-order valence-corrected chi connectivity index (χ3v) is 7.13. The van der Waals surface area contributed by atoms with Crippen molar-refractivity contribution in [2.45, 2.75) is 58.4 Å². The van der Waals surface area contributed by atoms with Gasteiger partial charge in [-0.2, -0.15) is 0 Å². The predicted octanol–water partition coefficient (Wildman–Crippen LogP) is 1.86. The van der Waals surface area contributed by atoms with Crippen molar-refractivity contribution >= 4 is 17.6 Å². The molecule has 2 amide bonds. The highest BCUT2D eigenvalue weighted by Gasteiger charge is 2.30. The van der Waals surface area contributed by atoms with Crippen LogP contribution in [0.5, 0.6) is 0 Å². The molecule has 3 aliphatic heterocycles. The topological polar surface area (TPSA) is 81.7 Å². The molecule has 0 bridgehead atoms. The zero-order valence-corrected chi connectivity index (χ0v) is 19.2. The van der Waals surface area contributed by atoms with Gasteiger partial charge in [0.25, 0.3) is 0 Å². The van der Waals surface area contributed by atoms with E-state index >= 15 is 0 Å². The third-order valence-electron chi connectivity index (χ3n) is 7.13. The van der Waals surface area contributed by atoms with Crippen LogP contribution in [0, 0.1) is 5.92 Å². The summed E-state index contributed by atoms with van der Waals surface area (Å²) in [5.74, 6) is 2.92. The summed E-state index contributed by atoms with van der Waals surface area (Å²) in [5, 5.41) is 3.21. The van der Waals surface area contributed by atoms with E-state index in [4.69, 9.17) is 9.97 Å². The summed E-state index contributed by atoms with van der Waals surface area (Å²) < 4.78 is 0. The number of aromatic nitrogens is 2. The lowest BCUT2D eigenvalue weighted by Crippen LogP contribution is -2.46. The number of rotatable bonds is 4. The van der Waals surface area contributed by atoms with Crippen LogP contribution in [0.15, 0.2) is 0 Å². The fourth-order valence-corrected chi connectivity index (χ4v) is 5.02.